The second kappa shape index (κ2) is 3.14. The molecule has 72 valence electrons. The highest BCUT2D eigenvalue weighted by atomic mass is 19.1. The monoisotopic (exact) mass is 191 g/mol. The summed E-state index contributed by atoms with van der Waals surface area (Å²) in [6.07, 6.45) is 1.67. The molecule has 1 heterocycles. The number of imidazole rings is 1. The van der Waals surface area contributed by atoms with Gasteiger partial charge >= 0.3 is 0 Å². The van der Waals surface area contributed by atoms with Gasteiger partial charge in [-0.3, -0.25) is 0 Å². The van der Waals surface area contributed by atoms with Crippen LogP contribution in [0.15, 0.2) is 30.5 Å². The summed E-state index contributed by atoms with van der Waals surface area (Å²) in [5.74, 6) is 0.911. The molecule has 14 heavy (non-hydrogen) atoms. The van der Waals surface area contributed by atoms with E-state index in [1.165, 1.54) is 12.1 Å². The predicted octanol–water partition coefficient (Wildman–Crippen LogP) is 1.90. The lowest BCUT2D eigenvalue weighted by atomic mass is 10.3. The highest BCUT2D eigenvalue weighted by Gasteiger charge is 2.03. The van der Waals surface area contributed by atoms with Gasteiger partial charge in [0.25, 0.3) is 0 Å². The molecule has 0 aliphatic carbocycles. The first-order chi connectivity index (χ1) is 6.66. The van der Waals surface area contributed by atoms with Crippen LogP contribution in [0.5, 0.6) is 0 Å². The van der Waals surface area contributed by atoms with Gasteiger partial charge in [-0.05, 0) is 25.1 Å². The van der Waals surface area contributed by atoms with Gasteiger partial charge in [0.2, 0.25) is 0 Å². The van der Waals surface area contributed by atoms with E-state index in [2.05, 4.69) is 4.98 Å². The Morgan fingerprint density at radius 2 is 2.21 bits per heavy atom. The van der Waals surface area contributed by atoms with E-state index < -0.39 is 0 Å². The van der Waals surface area contributed by atoms with Gasteiger partial charge in [0.05, 0.1) is 6.20 Å². The molecule has 3 nitrogen and oxygen atoms in total. The minimum Gasteiger partial charge on any atom is -0.382 e. The van der Waals surface area contributed by atoms with Gasteiger partial charge in [0.1, 0.15) is 17.5 Å². The van der Waals surface area contributed by atoms with Crippen molar-refractivity contribution < 1.29 is 4.39 Å². The molecule has 2 N–H and O–H groups in total. The van der Waals surface area contributed by atoms with Gasteiger partial charge in [0, 0.05) is 5.69 Å². The Balaban J connectivity index is 2.54. The number of benzene rings is 1. The van der Waals surface area contributed by atoms with E-state index in [-0.39, 0.29) is 5.82 Å². The van der Waals surface area contributed by atoms with Gasteiger partial charge in [-0.1, -0.05) is 6.07 Å². The number of nitrogens with zero attached hydrogens (tertiary/aromatic N) is 2. The number of nitrogen functional groups attached to an aromatic ring is 1. The maximum Gasteiger partial charge on any atom is 0.142 e. The van der Waals surface area contributed by atoms with Crippen LogP contribution in [0.4, 0.5) is 10.2 Å². The normalized spacial score (nSPS) is 10.4. The zero-order valence-corrected chi connectivity index (χ0v) is 7.74. The molecule has 0 aliphatic rings. The van der Waals surface area contributed by atoms with Crippen molar-refractivity contribution in [3.63, 3.8) is 0 Å². The molecule has 0 saturated carbocycles. The number of rotatable bonds is 1. The molecule has 4 heteroatoms. The molecule has 1 aromatic heterocycles. The molecule has 0 saturated heterocycles. The van der Waals surface area contributed by atoms with Crippen molar-refractivity contribution in [2.24, 2.45) is 0 Å². The standard InChI is InChI=1S/C10H10FN3/c1-7-13-10(12)6-14(7)9-4-2-3-8(11)5-9/h2-6H,12H2,1H3. The largest absolute Gasteiger partial charge is 0.382 e. The molecule has 1 aromatic carbocycles. The molecule has 0 spiro atoms. The molecular formula is C10H10FN3. The van der Waals surface area contributed by atoms with E-state index in [1.54, 1.807) is 22.9 Å². The Labute approximate surface area is 81.0 Å². The minimum atomic E-state index is -0.269. The van der Waals surface area contributed by atoms with Crippen molar-refractivity contribution in [1.29, 1.82) is 0 Å². The highest BCUT2D eigenvalue weighted by Crippen LogP contribution is 2.14. The van der Waals surface area contributed by atoms with Crippen molar-refractivity contribution in [3.8, 4) is 5.69 Å². The first kappa shape index (κ1) is 8.74. The molecule has 0 amide bonds. The van der Waals surface area contributed by atoms with Crippen LogP contribution >= 0.6 is 0 Å². The Hall–Kier alpha value is -1.84. The van der Waals surface area contributed by atoms with Crippen LogP contribution in [0.1, 0.15) is 5.82 Å². The van der Waals surface area contributed by atoms with Crippen molar-refractivity contribution >= 4 is 5.82 Å². The van der Waals surface area contributed by atoms with Gasteiger partial charge in [-0.25, -0.2) is 9.37 Å². The SMILES string of the molecule is Cc1nc(N)cn1-c1cccc(F)c1. The summed E-state index contributed by atoms with van der Waals surface area (Å²) < 4.78 is 14.7. The zero-order valence-electron chi connectivity index (χ0n) is 7.74. The summed E-state index contributed by atoms with van der Waals surface area (Å²) in [4.78, 5) is 4.04. The molecule has 0 bridgehead atoms. The maximum absolute atomic E-state index is 12.9. The fraction of sp³-hybridized carbons (Fsp3) is 0.100. The zero-order chi connectivity index (χ0) is 10.1. The smallest absolute Gasteiger partial charge is 0.142 e. The molecular weight excluding hydrogens is 181 g/mol. The summed E-state index contributed by atoms with van der Waals surface area (Å²) in [7, 11) is 0. The fourth-order valence-electron chi connectivity index (χ4n) is 1.38. The van der Waals surface area contributed by atoms with Crippen LogP contribution in [0.2, 0.25) is 0 Å². The Bertz CT molecular complexity index is 462. The molecule has 0 aliphatic heterocycles. The van der Waals surface area contributed by atoms with Crippen molar-refractivity contribution in [2.75, 3.05) is 5.73 Å². The molecule has 2 rings (SSSR count). The molecule has 2 aromatic rings. The second-order valence-corrected chi connectivity index (χ2v) is 3.06. The maximum atomic E-state index is 12.9. The minimum absolute atomic E-state index is 0.269. The number of halogens is 1. The van der Waals surface area contributed by atoms with Crippen LogP contribution in [-0.2, 0) is 0 Å². The quantitative estimate of drug-likeness (QED) is 0.748. The van der Waals surface area contributed by atoms with Gasteiger partial charge in [-0.2, -0.15) is 0 Å². The molecule has 0 unspecified atom stereocenters. The number of anilines is 1. The Morgan fingerprint density at radius 1 is 1.43 bits per heavy atom. The van der Waals surface area contributed by atoms with Crippen LogP contribution in [0.25, 0.3) is 5.69 Å². The second-order valence-electron chi connectivity index (χ2n) is 3.06. The number of hydrogen-bond donors (Lipinski definition) is 1. The van der Waals surface area contributed by atoms with Gasteiger partial charge in [0.15, 0.2) is 0 Å². The fourth-order valence-corrected chi connectivity index (χ4v) is 1.38. The van der Waals surface area contributed by atoms with Crippen LogP contribution in [0, 0.1) is 12.7 Å². The summed E-state index contributed by atoms with van der Waals surface area (Å²) in [5.41, 5.74) is 6.26. The van der Waals surface area contributed by atoms with E-state index in [4.69, 9.17) is 5.73 Å². The molecule has 0 atom stereocenters. The van der Waals surface area contributed by atoms with Crippen LogP contribution in [-0.4, -0.2) is 9.55 Å². The van der Waals surface area contributed by atoms with Crippen LogP contribution < -0.4 is 5.73 Å². The number of nitrogens with two attached hydrogens (primary N) is 1. The van der Waals surface area contributed by atoms with Gasteiger partial charge < -0.3 is 10.3 Å². The third kappa shape index (κ3) is 1.46. The highest BCUT2D eigenvalue weighted by molar-refractivity contribution is 5.38. The Kier molecular flexibility index (Phi) is 1.96. The average molecular weight is 191 g/mol. The van der Waals surface area contributed by atoms with Gasteiger partial charge in [-0.15, -0.1) is 0 Å². The summed E-state index contributed by atoms with van der Waals surface area (Å²) in [6.45, 7) is 1.82. The number of hydrogen-bond acceptors (Lipinski definition) is 2. The van der Waals surface area contributed by atoms with E-state index in [0.717, 1.165) is 11.5 Å². The lowest BCUT2D eigenvalue weighted by Gasteiger charge is -2.03. The van der Waals surface area contributed by atoms with Crippen molar-refractivity contribution in [3.05, 3.63) is 42.1 Å². The first-order valence-corrected chi connectivity index (χ1v) is 4.24. The van der Waals surface area contributed by atoms with Crippen LogP contribution in [0.3, 0.4) is 0 Å². The summed E-state index contributed by atoms with van der Waals surface area (Å²) in [6, 6.07) is 6.30. The topological polar surface area (TPSA) is 43.8 Å². The van der Waals surface area contributed by atoms with E-state index in [0.29, 0.717) is 5.82 Å². The van der Waals surface area contributed by atoms with Crippen molar-refractivity contribution in [1.82, 2.24) is 9.55 Å². The molecule has 0 radical (unpaired) electrons. The lowest BCUT2D eigenvalue weighted by molar-refractivity contribution is 0.626. The number of aryl methyl sites for hydroxylation is 1. The average Bonchev–Trinajstić information content (AvgIpc) is 2.45. The third-order valence-corrected chi connectivity index (χ3v) is 1.99. The molecule has 0 fully saturated rings. The Morgan fingerprint density at radius 3 is 2.79 bits per heavy atom. The summed E-state index contributed by atoms with van der Waals surface area (Å²) >= 11 is 0. The lowest BCUT2D eigenvalue weighted by Crippen LogP contribution is -1.95. The first-order valence-electron chi connectivity index (χ1n) is 4.24. The summed E-state index contributed by atoms with van der Waals surface area (Å²) in [5, 5.41) is 0. The van der Waals surface area contributed by atoms with Crippen molar-refractivity contribution in [2.45, 2.75) is 6.92 Å². The van der Waals surface area contributed by atoms with E-state index >= 15 is 0 Å². The number of aromatic nitrogens is 2. The van der Waals surface area contributed by atoms with E-state index in [9.17, 15) is 4.39 Å². The predicted molar refractivity (Wildman–Crippen MR) is 52.7 cm³/mol. The third-order valence-electron chi connectivity index (χ3n) is 1.99. The van der Waals surface area contributed by atoms with E-state index in [1.807, 2.05) is 6.92 Å².